The molecule has 0 bridgehead atoms. The van der Waals surface area contributed by atoms with Gasteiger partial charge in [-0.2, -0.15) is 0 Å². The number of rotatable bonds is 10. The molecule has 2 unspecified atom stereocenters. The fraction of sp³-hybridized carbons (Fsp3) is 0.667. The van der Waals surface area contributed by atoms with E-state index in [0.29, 0.717) is 26.2 Å². The van der Waals surface area contributed by atoms with E-state index in [0.717, 1.165) is 11.1 Å². The van der Waals surface area contributed by atoms with Crippen molar-refractivity contribution in [3.63, 3.8) is 0 Å². The molecule has 2 atom stereocenters. The summed E-state index contributed by atoms with van der Waals surface area (Å²) in [5.41, 5.74) is 1.84. The second kappa shape index (κ2) is 15.0. The summed E-state index contributed by atoms with van der Waals surface area (Å²) < 4.78 is 13.4. The standard InChI is InChI=1S/C27H45N4O8P/c1-21-15-30(20-40(38,39)19-22-5-7-23(8-6-22)27(2,3)4)12-11-28(16-24(32)33)9-10-29(17-25(34)35)13-14-31(21)18-26(36)37/h5-8,21H,9-20H2,1-4H3,(H,32,33)(H,34,35)(H,36,37)(H,38,39). The maximum Gasteiger partial charge on any atom is 0.317 e. The van der Waals surface area contributed by atoms with Gasteiger partial charge in [0.05, 0.1) is 32.1 Å². The number of carboxylic acids is 3. The molecule has 1 aliphatic heterocycles. The Kier molecular flexibility index (Phi) is 12.7. The number of benzene rings is 1. The van der Waals surface area contributed by atoms with Crippen LogP contribution in [-0.4, -0.2) is 135 Å². The van der Waals surface area contributed by atoms with E-state index in [-0.39, 0.29) is 63.2 Å². The average molecular weight is 585 g/mol. The van der Waals surface area contributed by atoms with Crippen molar-refractivity contribution >= 4 is 25.3 Å². The zero-order chi connectivity index (χ0) is 30.1. The lowest BCUT2D eigenvalue weighted by Gasteiger charge is -2.37. The molecule has 0 spiro atoms. The van der Waals surface area contributed by atoms with Gasteiger partial charge >= 0.3 is 17.9 Å². The summed E-state index contributed by atoms with van der Waals surface area (Å²) in [7, 11) is -3.68. The molecule has 0 saturated carbocycles. The average Bonchev–Trinajstić information content (AvgIpc) is 2.80. The maximum absolute atomic E-state index is 13.4. The molecule has 2 rings (SSSR count). The summed E-state index contributed by atoms with van der Waals surface area (Å²) in [6.45, 7) is 9.43. The SMILES string of the molecule is CC1CN(CP(=O)(O)Cc2ccc(C(C)(C)C)cc2)CCN(CC(=O)O)CCN(CC(=O)O)CCN1CC(=O)O. The maximum atomic E-state index is 13.4. The third-order valence-corrected chi connectivity index (χ3v) is 8.74. The summed E-state index contributed by atoms with van der Waals surface area (Å²) in [5, 5.41) is 28.2. The molecule has 1 aliphatic rings. The highest BCUT2D eigenvalue weighted by molar-refractivity contribution is 7.57. The van der Waals surface area contributed by atoms with Crippen LogP contribution in [0.15, 0.2) is 24.3 Å². The van der Waals surface area contributed by atoms with Crippen molar-refractivity contribution in [2.75, 3.05) is 71.7 Å². The molecule has 1 fully saturated rings. The number of hydrogen-bond acceptors (Lipinski definition) is 8. The molecular formula is C27H45N4O8P. The zero-order valence-electron chi connectivity index (χ0n) is 24.0. The number of aliphatic carboxylic acids is 3. The topological polar surface area (TPSA) is 162 Å². The number of nitrogens with zero attached hydrogens (tertiary/aromatic N) is 4. The van der Waals surface area contributed by atoms with Gasteiger partial charge in [-0.05, 0) is 23.5 Å². The van der Waals surface area contributed by atoms with E-state index in [4.69, 9.17) is 0 Å². The highest BCUT2D eigenvalue weighted by atomic mass is 31.2. The van der Waals surface area contributed by atoms with Crippen LogP contribution >= 0.6 is 7.37 Å². The van der Waals surface area contributed by atoms with Gasteiger partial charge in [0, 0.05) is 51.9 Å². The molecule has 0 aliphatic carbocycles. The second-order valence-electron chi connectivity index (χ2n) is 11.7. The van der Waals surface area contributed by atoms with Crippen molar-refractivity contribution in [1.82, 2.24) is 19.6 Å². The van der Waals surface area contributed by atoms with Crippen LogP contribution in [0.3, 0.4) is 0 Å². The van der Waals surface area contributed by atoms with E-state index < -0.39 is 25.3 Å². The second-order valence-corrected chi connectivity index (χ2v) is 14.0. The monoisotopic (exact) mass is 584 g/mol. The fourth-order valence-corrected chi connectivity index (χ4v) is 6.62. The molecule has 1 aromatic rings. The molecule has 40 heavy (non-hydrogen) atoms. The van der Waals surface area contributed by atoms with Gasteiger partial charge in [0.2, 0.25) is 7.37 Å². The Morgan fingerprint density at radius 1 is 0.800 bits per heavy atom. The molecule has 12 nitrogen and oxygen atoms in total. The molecule has 13 heteroatoms. The molecular weight excluding hydrogens is 539 g/mol. The van der Waals surface area contributed by atoms with Crippen LogP contribution in [0.2, 0.25) is 0 Å². The Labute approximate surface area is 236 Å². The van der Waals surface area contributed by atoms with Gasteiger partial charge < -0.3 is 20.2 Å². The fourth-order valence-electron chi connectivity index (χ4n) is 4.85. The van der Waals surface area contributed by atoms with Gasteiger partial charge in [-0.15, -0.1) is 0 Å². The predicted molar refractivity (Wildman–Crippen MR) is 152 cm³/mol. The van der Waals surface area contributed by atoms with Crippen molar-refractivity contribution in [2.24, 2.45) is 0 Å². The predicted octanol–water partition coefficient (Wildman–Crippen LogP) is 1.58. The molecule has 1 aromatic carbocycles. The minimum atomic E-state index is -3.68. The van der Waals surface area contributed by atoms with Crippen LogP contribution < -0.4 is 0 Å². The number of hydrogen-bond donors (Lipinski definition) is 4. The van der Waals surface area contributed by atoms with Crippen LogP contribution in [0, 0.1) is 0 Å². The minimum Gasteiger partial charge on any atom is -0.480 e. The molecule has 0 aromatic heterocycles. The summed E-state index contributed by atoms with van der Waals surface area (Å²) in [5.74, 6) is -3.06. The summed E-state index contributed by atoms with van der Waals surface area (Å²) in [6.07, 6.45) is -0.130. The Bertz CT molecular complexity index is 1050. The van der Waals surface area contributed by atoms with Crippen LogP contribution in [0.4, 0.5) is 0 Å². The van der Waals surface area contributed by atoms with Crippen molar-refractivity contribution in [3.05, 3.63) is 35.4 Å². The molecule has 0 amide bonds. The van der Waals surface area contributed by atoms with E-state index in [1.54, 1.807) is 14.7 Å². The first-order valence-corrected chi connectivity index (χ1v) is 15.5. The molecule has 1 heterocycles. The lowest BCUT2D eigenvalue weighted by molar-refractivity contribution is -0.141. The lowest BCUT2D eigenvalue weighted by Crippen LogP contribution is -2.51. The van der Waals surface area contributed by atoms with Crippen LogP contribution in [0.1, 0.15) is 38.8 Å². The van der Waals surface area contributed by atoms with E-state index in [2.05, 4.69) is 20.8 Å². The van der Waals surface area contributed by atoms with Gasteiger partial charge in [0.15, 0.2) is 0 Å². The molecule has 1 saturated heterocycles. The van der Waals surface area contributed by atoms with Crippen molar-refractivity contribution in [1.29, 1.82) is 0 Å². The quantitative estimate of drug-likeness (QED) is 0.294. The van der Waals surface area contributed by atoms with Gasteiger partial charge in [-0.3, -0.25) is 38.5 Å². The zero-order valence-corrected chi connectivity index (χ0v) is 24.9. The van der Waals surface area contributed by atoms with Crippen molar-refractivity contribution in [2.45, 2.75) is 45.3 Å². The molecule has 4 N–H and O–H groups in total. The Balaban J connectivity index is 2.25. The van der Waals surface area contributed by atoms with Gasteiger partial charge in [-0.25, -0.2) is 0 Å². The first kappa shape index (κ1) is 33.9. The summed E-state index contributed by atoms with van der Waals surface area (Å²) in [4.78, 5) is 52.4. The molecule has 0 radical (unpaired) electrons. The van der Waals surface area contributed by atoms with Crippen LogP contribution in [0.25, 0.3) is 0 Å². The highest BCUT2D eigenvalue weighted by Crippen LogP contribution is 2.45. The van der Waals surface area contributed by atoms with E-state index in [1.807, 2.05) is 36.1 Å². The van der Waals surface area contributed by atoms with E-state index in [9.17, 15) is 39.2 Å². The molecule has 226 valence electrons. The van der Waals surface area contributed by atoms with Crippen molar-refractivity contribution < 1.29 is 39.2 Å². The Hall–Kier alpha value is -2.34. The first-order chi connectivity index (χ1) is 18.5. The third kappa shape index (κ3) is 12.4. The van der Waals surface area contributed by atoms with Gasteiger partial charge in [-0.1, -0.05) is 45.0 Å². The largest absolute Gasteiger partial charge is 0.480 e. The number of carboxylic acid groups (broad SMARTS) is 3. The van der Waals surface area contributed by atoms with E-state index >= 15 is 0 Å². The van der Waals surface area contributed by atoms with E-state index in [1.165, 1.54) is 0 Å². The summed E-state index contributed by atoms with van der Waals surface area (Å²) in [6, 6.07) is 7.35. The Morgan fingerprint density at radius 3 is 1.70 bits per heavy atom. The summed E-state index contributed by atoms with van der Waals surface area (Å²) >= 11 is 0. The first-order valence-electron chi connectivity index (χ1n) is 13.5. The lowest BCUT2D eigenvalue weighted by atomic mass is 9.87. The number of carbonyl (C=O) groups is 3. The van der Waals surface area contributed by atoms with Crippen LogP contribution in [0.5, 0.6) is 0 Å². The Morgan fingerprint density at radius 2 is 1.25 bits per heavy atom. The minimum absolute atomic E-state index is 0.00979. The highest BCUT2D eigenvalue weighted by Gasteiger charge is 2.28. The van der Waals surface area contributed by atoms with Gasteiger partial charge in [0.1, 0.15) is 0 Å². The van der Waals surface area contributed by atoms with Crippen molar-refractivity contribution in [3.8, 4) is 0 Å². The normalized spacial score (nSPS) is 21.2. The smallest absolute Gasteiger partial charge is 0.317 e. The third-order valence-electron chi connectivity index (χ3n) is 7.04. The van der Waals surface area contributed by atoms with Gasteiger partial charge in [0.25, 0.3) is 0 Å². The van der Waals surface area contributed by atoms with Crippen LogP contribution in [-0.2, 0) is 30.5 Å².